The minimum absolute atomic E-state index is 0.0109. The van der Waals surface area contributed by atoms with Crippen LogP contribution in [0, 0.1) is 5.92 Å². The molecule has 0 radical (unpaired) electrons. The van der Waals surface area contributed by atoms with Gasteiger partial charge in [0, 0.05) is 42.7 Å². The number of fused-ring (bicyclic) bond motifs is 4. The van der Waals surface area contributed by atoms with Gasteiger partial charge in [-0.2, -0.15) is 0 Å². The number of H-pyrrole nitrogens is 1. The smallest absolute Gasteiger partial charge is 0.408 e. The number of aromatic nitrogens is 1. The number of nitrogens with zero attached hydrogens (tertiary/aromatic N) is 2. The van der Waals surface area contributed by atoms with Gasteiger partial charge in [-0.15, -0.1) is 0 Å². The van der Waals surface area contributed by atoms with E-state index >= 15 is 0 Å². The van der Waals surface area contributed by atoms with Crippen LogP contribution in [0.25, 0.3) is 10.9 Å². The van der Waals surface area contributed by atoms with Gasteiger partial charge in [-0.1, -0.05) is 72.8 Å². The summed E-state index contributed by atoms with van der Waals surface area (Å²) in [6.45, 7) is 7.83. The summed E-state index contributed by atoms with van der Waals surface area (Å²) in [6.07, 6.45) is 0.672. The number of aliphatic hydroxyl groups excluding tert-OH is 1. The highest BCUT2D eigenvalue weighted by atomic mass is 16.6. The molecule has 14 nitrogen and oxygen atoms in total. The number of alkyl carbamates (subject to hydrolysis) is 1. The van der Waals surface area contributed by atoms with E-state index in [0.717, 1.165) is 54.7 Å². The lowest BCUT2D eigenvalue weighted by atomic mass is 9.86. The van der Waals surface area contributed by atoms with Gasteiger partial charge in [0.15, 0.2) is 0 Å². The van der Waals surface area contributed by atoms with Crippen LogP contribution >= 0.6 is 0 Å². The monoisotopic (exact) mass is 907 g/mol. The van der Waals surface area contributed by atoms with E-state index < -0.39 is 24.2 Å². The second-order valence-corrected chi connectivity index (χ2v) is 17.5. The van der Waals surface area contributed by atoms with Crippen LogP contribution in [0.4, 0.5) is 4.79 Å². The summed E-state index contributed by atoms with van der Waals surface area (Å²) in [5, 5.41) is 28.0. The molecule has 3 saturated heterocycles. The maximum Gasteiger partial charge on any atom is 0.408 e. The standard InChI is InChI=1S/C53H57N5O9/c1-34(2)58(51(62)39-15-11-35(12-16-39)30-54-31-46(60)43-19-21-45(59)50-44(43)20-22-48(61)55-50)27-28-65-52(63)40-17-13-36(14-18-40)33-66-42-10-6-9-41(29-42)49(38-7-4-3-5-8-38)56-53(64)67-47-32-57-25-23-37(47)24-26-57/h3-22,29,34,37,46-47,49,54,59-60H,23-28,30-33H2,1-2H3,(H,55,61)(H,56,64)/t46?,47-,49?/m0/s1. The van der Waals surface area contributed by atoms with Crippen molar-refractivity contribution in [2.75, 3.05) is 39.3 Å². The van der Waals surface area contributed by atoms with Gasteiger partial charge in [-0.25, -0.2) is 9.59 Å². The highest BCUT2D eigenvalue weighted by Gasteiger charge is 2.37. The zero-order chi connectivity index (χ0) is 46.9. The van der Waals surface area contributed by atoms with Crippen molar-refractivity contribution in [1.82, 2.24) is 25.4 Å². The molecule has 2 amide bonds. The predicted octanol–water partition coefficient (Wildman–Crippen LogP) is 7.25. The molecule has 3 fully saturated rings. The molecule has 1 aromatic heterocycles. The third-order valence-corrected chi connectivity index (χ3v) is 12.6. The van der Waals surface area contributed by atoms with Gasteiger partial charge >= 0.3 is 12.1 Å². The van der Waals surface area contributed by atoms with Crippen molar-refractivity contribution in [1.29, 1.82) is 0 Å². The van der Waals surface area contributed by atoms with Crippen molar-refractivity contribution >= 4 is 28.9 Å². The zero-order valence-corrected chi connectivity index (χ0v) is 37.7. The van der Waals surface area contributed by atoms with Gasteiger partial charge < -0.3 is 44.9 Å². The summed E-state index contributed by atoms with van der Waals surface area (Å²) in [5.41, 5.74) is 4.88. The Bertz CT molecular complexity index is 2700. The number of ether oxygens (including phenoxy) is 3. The SMILES string of the molecule is CC(C)N(CCOC(=O)c1ccc(COc2cccc(C(NC(=O)O[C@H]3CN4CCC3CC4)c3ccccc3)c2)cc1)C(=O)c1ccc(CNCC(O)c2ccc(O)c3[nH]c(=O)ccc23)cc1. The molecule has 0 saturated carbocycles. The minimum atomic E-state index is -0.901. The molecule has 3 aliphatic rings. The Labute approximate surface area is 389 Å². The summed E-state index contributed by atoms with van der Waals surface area (Å²) < 4.78 is 17.8. The Kier molecular flexibility index (Phi) is 15.0. The fraction of sp³-hybridized carbons (Fsp3) is 0.321. The number of pyridine rings is 1. The molecule has 0 aliphatic carbocycles. The van der Waals surface area contributed by atoms with Crippen LogP contribution in [0.15, 0.2) is 132 Å². The number of aromatic hydroxyl groups is 1. The lowest BCUT2D eigenvalue weighted by Gasteiger charge is -2.43. The normalized spacial score (nSPS) is 17.4. The molecule has 3 atom stereocenters. The topological polar surface area (TPSA) is 183 Å². The first-order valence-corrected chi connectivity index (χ1v) is 22.9. The molecule has 2 unspecified atom stereocenters. The highest BCUT2D eigenvalue weighted by Crippen LogP contribution is 2.32. The lowest BCUT2D eigenvalue weighted by Crippen LogP contribution is -2.52. The Morgan fingerprint density at radius 1 is 0.836 bits per heavy atom. The van der Waals surface area contributed by atoms with E-state index in [4.69, 9.17) is 14.2 Å². The van der Waals surface area contributed by atoms with Crippen molar-refractivity contribution in [2.24, 2.45) is 5.92 Å². The Hall–Kier alpha value is -7.00. The molecule has 14 heteroatoms. The quantitative estimate of drug-likeness (QED) is 0.0548. The number of piperidine rings is 3. The first kappa shape index (κ1) is 46.5. The number of aromatic amines is 1. The van der Waals surface area contributed by atoms with Crippen molar-refractivity contribution in [3.8, 4) is 11.5 Å². The van der Waals surface area contributed by atoms with E-state index in [1.54, 1.807) is 41.3 Å². The first-order chi connectivity index (χ1) is 32.5. The number of phenolic OH excluding ortho intramolecular Hbond substituents is 1. The number of carbonyl (C=O) groups excluding carboxylic acids is 3. The van der Waals surface area contributed by atoms with Crippen molar-refractivity contribution < 1.29 is 38.8 Å². The third kappa shape index (κ3) is 11.7. The van der Waals surface area contributed by atoms with Gasteiger partial charge in [-0.3, -0.25) is 14.5 Å². The fourth-order valence-corrected chi connectivity index (χ4v) is 8.88. The van der Waals surface area contributed by atoms with Gasteiger partial charge in [-0.05, 0) is 122 Å². The fourth-order valence-electron chi connectivity index (χ4n) is 8.88. The van der Waals surface area contributed by atoms with Gasteiger partial charge in [0.25, 0.3) is 5.91 Å². The minimum Gasteiger partial charge on any atom is -0.506 e. The average Bonchev–Trinajstić information content (AvgIpc) is 3.35. The number of aliphatic hydroxyl groups is 1. The molecule has 6 aromatic rings. The van der Waals surface area contributed by atoms with Gasteiger partial charge in [0.2, 0.25) is 5.56 Å². The average molecular weight is 908 g/mol. The third-order valence-electron chi connectivity index (χ3n) is 12.6. The van der Waals surface area contributed by atoms with Crippen molar-refractivity contribution in [3.63, 3.8) is 0 Å². The Morgan fingerprint density at radius 3 is 2.27 bits per heavy atom. The summed E-state index contributed by atoms with van der Waals surface area (Å²) in [7, 11) is 0. The summed E-state index contributed by atoms with van der Waals surface area (Å²) in [4.78, 5) is 58.3. The number of esters is 1. The van der Waals surface area contributed by atoms with Crippen LogP contribution in [-0.4, -0.2) is 94.4 Å². The van der Waals surface area contributed by atoms with Crippen LogP contribution in [0.3, 0.4) is 0 Å². The van der Waals surface area contributed by atoms with Crippen molar-refractivity contribution in [2.45, 2.75) is 64.1 Å². The van der Waals surface area contributed by atoms with Crippen molar-refractivity contribution in [3.05, 3.63) is 177 Å². The summed E-state index contributed by atoms with van der Waals surface area (Å²) >= 11 is 0. The summed E-state index contributed by atoms with van der Waals surface area (Å²) in [6, 6.07) is 37.0. The van der Waals surface area contributed by atoms with Gasteiger partial charge in [0.05, 0.1) is 29.8 Å². The number of carbonyl (C=O) groups is 3. The predicted molar refractivity (Wildman–Crippen MR) is 254 cm³/mol. The molecular weight excluding hydrogens is 851 g/mol. The van der Waals surface area contributed by atoms with E-state index in [0.29, 0.717) is 40.3 Å². The van der Waals surface area contributed by atoms with Crippen LogP contribution < -0.4 is 20.9 Å². The molecule has 2 bridgehead atoms. The number of rotatable bonds is 18. The molecule has 5 aromatic carbocycles. The van der Waals surface area contributed by atoms with Crippen LogP contribution in [0.2, 0.25) is 0 Å². The largest absolute Gasteiger partial charge is 0.506 e. The van der Waals surface area contributed by atoms with Gasteiger partial charge in [0.1, 0.15) is 30.8 Å². The first-order valence-electron chi connectivity index (χ1n) is 22.9. The lowest BCUT2D eigenvalue weighted by molar-refractivity contribution is -0.0336. The number of phenols is 1. The molecule has 9 rings (SSSR count). The van der Waals surface area contributed by atoms with E-state index in [1.807, 2.05) is 92.7 Å². The molecule has 67 heavy (non-hydrogen) atoms. The molecule has 4 heterocycles. The Balaban J connectivity index is 0.793. The molecular formula is C53H57N5O9. The number of nitrogens with one attached hydrogen (secondary N) is 3. The molecule has 0 spiro atoms. The number of amides is 2. The second kappa shape index (κ2) is 21.5. The highest BCUT2D eigenvalue weighted by molar-refractivity contribution is 5.94. The zero-order valence-electron chi connectivity index (χ0n) is 37.7. The molecule has 348 valence electrons. The molecule has 3 aliphatic heterocycles. The maximum atomic E-state index is 13.6. The number of hydrogen-bond acceptors (Lipinski definition) is 11. The van der Waals surface area contributed by atoms with E-state index in [1.165, 1.54) is 12.1 Å². The maximum absolute atomic E-state index is 13.6. The number of hydrogen-bond donors (Lipinski definition) is 5. The van der Waals surface area contributed by atoms with E-state index in [-0.39, 0.29) is 61.2 Å². The van der Waals surface area contributed by atoms with Crippen LogP contribution in [-0.2, 0) is 22.6 Å². The molecule has 5 N–H and O–H groups in total. The van der Waals surface area contributed by atoms with Crippen LogP contribution in [0.5, 0.6) is 11.5 Å². The Morgan fingerprint density at radius 2 is 1.55 bits per heavy atom. The second-order valence-electron chi connectivity index (χ2n) is 17.5. The van der Waals surface area contributed by atoms with E-state index in [9.17, 15) is 29.4 Å². The van der Waals surface area contributed by atoms with Crippen LogP contribution in [0.1, 0.15) is 87.4 Å². The van der Waals surface area contributed by atoms with E-state index in [2.05, 4.69) is 20.5 Å². The summed E-state index contributed by atoms with van der Waals surface area (Å²) in [5.74, 6) is 0.265. The number of benzene rings is 5.